The van der Waals surface area contributed by atoms with E-state index < -0.39 is 15.6 Å². The predicted molar refractivity (Wildman–Crippen MR) is 87.8 cm³/mol. The quantitative estimate of drug-likeness (QED) is 0.501. The molecule has 134 valence electrons. The minimum Gasteiger partial charge on any atom is -0.741 e. The van der Waals surface area contributed by atoms with Crippen molar-refractivity contribution in [3.63, 3.8) is 0 Å². The highest BCUT2D eigenvalue weighted by molar-refractivity contribution is 7.97. The van der Waals surface area contributed by atoms with Crippen LogP contribution in [-0.4, -0.2) is 41.7 Å². The van der Waals surface area contributed by atoms with E-state index in [-0.39, 0.29) is 17.5 Å². The first-order valence-electron chi connectivity index (χ1n) is 6.90. The Morgan fingerprint density at radius 1 is 1.12 bits per heavy atom. The summed E-state index contributed by atoms with van der Waals surface area (Å²) in [6.45, 7) is 2.47. The van der Waals surface area contributed by atoms with Crippen molar-refractivity contribution in [2.45, 2.75) is 17.3 Å². The van der Waals surface area contributed by atoms with Crippen LogP contribution in [0.1, 0.15) is 6.92 Å². The van der Waals surface area contributed by atoms with Crippen molar-refractivity contribution in [3.8, 4) is 0 Å². The summed E-state index contributed by atoms with van der Waals surface area (Å²) in [5.41, 5.74) is -5.65. The predicted octanol–water partition coefficient (Wildman–Crippen LogP) is 2.88. The maximum absolute atomic E-state index is 10.7. The summed E-state index contributed by atoms with van der Waals surface area (Å²) in [6.07, 6.45) is 0. The van der Waals surface area contributed by atoms with Gasteiger partial charge in [0.15, 0.2) is 15.0 Å². The van der Waals surface area contributed by atoms with Crippen LogP contribution in [0.2, 0.25) is 0 Å². The van der Waals surface area contributed by atoms with Gasteiger partial charge in [0.2, 0.25) is 0 Å². The summed E-state index contributed by atoms with van der Waals surface area (Å²) < 4.78 is 58.9. The van der Waals surface area contributed by atoms with Crippen molar-refractivity contribution in [2.75, 3.05) is 18.1 Å². The summed E-state index contributed by atoms with van der Waals surface area (Å²) in [5, 5.41) is 11.7. The second-order valence-electron chi connectivity index (χ2n) is 4.59. The minimum atomic E-state index is -6.09. The van der Waals surface area contributed by atoms with Gasteiger partial charge in [-0.25, -0.2) is 8.42 Å². The highest BCUT2D eigenvalue weighted by atomic mass is 32.2. The molecule has 4 nitrogen and oxygen atoms in total. The van der Waals surface area contributed by atoms with Crippen molar-refractivity contribution in [1.82, 2.24) is 0 Å². The molecule has 1 atom stereocenters. The zero-order chi connectivity index (χ0) is 18.4. The smallest absolute Gasteiger partial charge is 0.485 e. The standard InChI is InChI=1S/C14H17OS.CHF3O3S/c1-2-16(11-10-15)14-9-5-7-12-6-3-4-8-13(12)14;2-1(3,4)8(5,6)7/h3-9,15H,2,10-11H2,1H3;(H,5,6,7)/q+1;/p-1. The zero-order valence-electron chi connectivity index (χ0n) is 12.8. The van der Waals surface area contributed by atoms with Gasteiger partial charge in [-0.3, -0.25) is 0 Å². The van der Waals surface area contributed by atoms with E-state index in [2.05, 4.69) is 49.4 Å². The van der Waals surface area contributed by atoms with E-state index in [9.17, 15) is 13.2 Å². The third kappa shape index (κ3) is 5.66. The second kappa shape index (κ2) is 8.70. The topological polar surface area (TPSA) is 77.4 Å². The Bertz CT molecular complexity index is 755. The van der Waals surface area contributed by atoms with Gasteiger partial charge in [-0.15, -0.1) is 0 Å². The number of fused-ring (bicyclic) bond motifs is 1. The highest BCUT2D eigenvalue weighted by Gasteiger charge is 2.36. The van der Waals surface area contributed by atoms with Crippen molar-refractivity contribution in [2.24, 2.45) is 0 Å². The summed E-state index contributed by atoms with van der Waals surface area (Å²) in [7, 11) is -5.91. The Morgan fingerprint density at radius 3 is 2.17 bits per heavy atom. The molecule has 1 N–H and O–H groups in total. The van der Waals surface area contributed by atoms with Gasteiger partial charge in [-0.1, -0.05) is 30.3 Å². The SMILES string of the molecule is CC[S+](CCO)c1cccc2ccccc12.O=S(=O)([O-])C(F)(F)F. The molecule has 2 aromatic carbocycles. The maximum atomic E-state index is 10.7. The average molecular weight is 382 g/mol. The fraction of sp³-hybridized carbons (Fsp3) is 0.333. The van der Waals surface area contributed by atoms with E-state index in [1.807, 2.05) is 0 Å². The lowest BCUT2D eigenvalue weighted by Gasteiger charge is -2.08. The van der Waals surface area contributed by atoms with Gasteiger partial charge in [0.05, 0.1) is 6.61 Å². The van der Waals surface area contributed by atoms with E-state index >= 15 is 0 Å². The Labute approximate surface area is 141 Å². The second-order valence-corrected chi connectivity index (χ2v) is 8.37. The molecule has 0 radical (unpaired) electrons. The molecule has 0 fully saturated rings. The largest absolute Gasteiger partial charge is 0.741 e. The Morgan fingerprint density at radius 2 is 1.67 bits per heavy atom. The van der Waals surface area contributed by atoms with Gasteiger partial charge in [0.1, 0.15) is 11.5 Å². The molecular formula is C15H17F3O4S2. The monoisotopic (exact) mass is 382 g/mol. The Balaban J connectivity index is 0.000000307. The first kappa shape index (κ1) is 20.8. The number of alkyl halides is 3. The average Bonchev–Trinajstić information content (AvgIpc) is 2.51. The molecule has 0 amide bonds. The highest BCUT2D eigenvalue weighted by Crippen LogP contribution is 2.25. The maximum Gasteiger partial charge on any atom is 0.485 e. The number of rotatable bonds is 4. The van der Waals surface area contributed by atoms with Gasteiger partial charge < -0.3 is 9.66 Å². The number of benzene rings is 2. The molecule has 0 aliphatic rings. The van der Waals surface area contributed by atoms with Crippen LogP contribution in [0.25, 0.3) is 10.8 Å². The van der Waals surface area contributed by atoms with Crippen molar-refractivity contribution < 1.29 is 31.2 Å². The van der Waals surface area contributed by atoms with Gasteiger partial charge in [-0.2, -0.15) is 13.2 Å². The molecule has 2 aromatic rings. The molecule has 0 bridgehead atoms. The minimum absolute atomic E-state index is 0.181. The van der Waals surface area contributed by atoms with Gasteiger partial charge in [0, 0.05) is 16.3 Å². The van der Waals surface area contributed by atoms with Crippen LogP contribution in [0, 0.1) is 0 Å². The van der Waals surface area contributed by atoms with Crippen molar-refractivity contribution in [1.29, 1.82) is 0 Å². The summed E-state index contributed by atoms with van der Waals surface area (Å²) in [5.74, 6) is 1.99. The Kier molecular flexibility index (Phi) is 7.53. The van der Waals surface area contributed by atoms with Crippen molar-refractivity contribution in [3.05, 3.63) is 42.5 Å². The molecule has 9 heteroatoms. The molecule has 0 aliphatic carbocycles. The lowest BCUT2D eigenvalue weighted by Crippen LogP contribution is -2.21. The summed E-state index contributed by atoms with van der Waals surface area (Å²) in [4.78, 5) is 1.40. The number of hydrogen-bond acceptors (Lipinski definition) is 4. The molecule has 0 saturated carbocycles. The summed E-state index contributed by atoms with van der Waals surface area (Å²) >= 11 is 0. The Hall–Kier alpha value is -1.29. The fourth-order valence-corrected chi connectivity index (χ4v) is 3.78. The van der Waals surface area contributed by atoms with Crippen LogP contribution >= 0.6 is 0 Å². The van der Waals surface area contributed by atoms with Crippen LogP contribution in [0.4, 0.5) is 13.2 Å². The van der Waals surface area contributed by atoms with Gasteiger partial charge in [-0.05, 0) is 24.4 Å². The van der Waals surface area contributed by atoms with Gasteiger partial charge in [0.25, 0.3) is 0 Å². The van der Waals surface area contributed by atoms with E-state index in [1.54, 1.807) is 0 Å². The number of aliphatic hydroxyl groups excluding tert-OH is 1. The van der Waals surface area contributed by atoms with E-state index in [1.165, 1.54) is 15.7 Å². The lowest BCUT2D eigenvalue weighted by molar-refractivity contribution is -0.0517. The molecular weight excluding hydrogens is 365 g/mol. The molecule has 2 rings (SSSR count). The van der Waals surface area contributed by atoms with Crippen molar-refractivity contribution >= 4 is 31.8 Å². The summed E-state index contributed by atoms with van der Waals surface area (Å²) in [6, 6.07) is 14.9. The van der Waals surface area contributed by atoms with Crippen LogP contribution < -0.4 is 0 Å². The third-order valence-electron chi connectivity index (χ3n) is 3.03. The van der Waals surface area contributed by atoms with E-state index in [0.29, 0.717) is 0 Å². The lowest BCUT2D eigenvalue weighted by atomic mass is 10.1. The van der Waals surface area contributed by atoms with E-state index in [4.69, 9.17) is 18.1 Å². The zero-order valence-corrected chi connectivity index (χ0v) is 14.4. The van der Waals surface area contributed by atoms with Gasteiger partial charge >= 0.3 is 5.51 Å². The third-order valence-corrected chi connectivity index (χ3v) is 5.95. The molecule has 0 aliphatic heterocycles. The van der Waals surface area contributed by atoms with Crippen LogP contribution in [0.15, 0.2) is 47.4 Å². The van der Waals surface area contributed by atoms with Crippen LogP contribution in [0.5, 0.6) is 0 Å². The molecule has 24 heavy (non-hydrogen) atoms. The molecule has 1 unspecified atom stereocenters. The number of halogens is 3. The molecule has 0 heterocycles. The van der Waals surface area contributed by atoms with Crippen LogP contribution in [0.3, 0.4) is 0 Å². The molecule has 0 aromatic heterocycles. The van der Waals surface area contributed by atoms with Crippen LogP contribution in [-0.2, 0) is 21.0 Å². The first-order valence-corrected chi connectivity index (χ1v) is 9.87. The normalized spacial score (nSPS) is 13.2. The fourth-order valence-electron chi connectivity index (χ4n) is 1.97. The van der Waals surface area contributed by atoms with E-state index in [0.717, 1.165) is 11.5 Å². The number of aliphatic hydroxyl groups is 1. The first-order chi connectivity index (χ1) is 11.1. The molecule has 0 saturated heterocycles. The molecule has 0 spiro atoms. The number of hydrogen-bond donors (Lipinski definition) is 1.